The van der Waals surface area contributed by atoms with E-state index in [9.17, 15) is 27.5 Å². The molecule has 0 aliphatic rings. The maximum absolute atomic E-state index is 13.0. The molecule has 3 N–H and O–H groups in total. The van der Waals surface area contributed by atoms with Gasteiger partial charge in [-0.15, -0.1) is 0 Å². The molecule has 12 heteroatoms. The second-order valence-corrected chi connectivity index (χ2v) is 8.35. The average Bonchev–Trinajstić information content (AvgIpc) is 2.84. The van der Waals surface area contributed by atoms with E-state index in [1.54, 1.807) is 24.4 Å². The lowest BCUT2D eigenvalue weighted by molar-refractivity contribution is -0.192. The Bertz CT molecular complexity index is 1210. The first-order valence-electron chi connectivity index (χ1n) is 11.4. The lowest BCUT2D eigenvalue weighted by Gasteiger charge is -2.21. The number of amides is 1. The van der Waals surface area contributed by atoms with Crippen LogP contribution >= 0.6 is 0 Å². The number of anilines is 2. The lowest BCUT2D eigenvalue weighted by Crippen LogP contribution is -2.26. The normalized spacial score (nSPS) is 10.9. The number of carbonyl (C=O) groups excluding carboxylic acids is 1. The van der Waals surface area contributed by atoms with E-state index in [1.165, 1.54) is 24.3 Å². The highest BCUT2D eigenvalue weighted by molar-refractivity contribution is 6.04. The molecule has 0 saturated carbocycles. The number of benzene rings is 2. The van der Waals surface area contributed by atoms with Gasteiger partial charge in [-0.1, -0.05) is 12.1 Å². The smallest absolute Gasteiger partial charge is 0.490 e. The Balaban J connectivity index is 0.000000638. The predicted molar refractivity (Wildman–Crippen MR) is 135 cm³/mol. The van der Waals surface area contributed by atoms with Gasteiger partial charge < -0.3 is 25.3 Å². The van der Waals surface area contributed by atoms with E-state index in [2.05, 4.69) is 15.2 Å². The summed E-state index contributed by atoms with van der Waals surface area (Å²) in [6.07, 6.45) is -2.50. The van der Waals surface area contributed by atoms with Gasteiger partial charge >= 0.3 is 12.1 Å². The summed E-state index contributed by atoms with van der Waals surface area (Å²) in [4.78, 5) is 29.9. The number of aliphatic carboxylic acids is 1. The van der Waals surface area contributed by atoms with Crippen molar-refractivity contribution in [3.05, 3.63) is 83.8 Å². The van der Waals surface area contributed by atoms with E-state index < -0.39 is 12.1 Å². The van der Waals surface area contributed by atoms with Gasteiger partial charge in [0.2, 0.25) is 0 Å². The summed E-state index contributed by atoms with van der Waals surface area (Å²) in [7, 11) is 4.01. The van der Waals surface area contributed by atoms with Crippen molar-refractivity contribution < 1.29 is 37.4 Å². The highest BCUT2D eigenvalue weighted by Crippen LogP contribution is 2.17. The summed E-state index contributed by atoms with van der Waals surface area (Å²) >= 11 is 0. The van der Waals surface area contributed by atoms with Gasteiger partial charge in [-0.2, -0.15) is 13.2 Å². The van der Waals surface area contributed by atoms with E-state index in [-0.39, 0.29) is 17.5 Å². The molecule has 0 atom stereocenters. The standard InChI is InChI=1S/C24H27FN4O2.C2HF3O2/c1-28(17-18-5-3-6-22(30)15-18)13-4-14-29(2)23-16-21(11-12-26-23)27-24(31)19-7-9-20(25)10-8-19;3-2(4,5)1(6)7/h3,5-12,15-16,30H,4,13-14,17H2,1-2H3,(H,26,27,31);(H,6,7). The predicted octanol–water partition coefficient (Wildman–Crippen LogP) is 4.77. The number of rotatable bonds is 9. The van der Waals surface area contributed by atoms with Gasteiger partial charge in [-0.3, -0.25) is 4.79 Å². The van der Waals surface area contributed by atoms with E-state index in [0.717, 1.165) is 37.4 Å². The monoisotopic (exact) mass is 536 g/mol. The molecule has 1 heterocycles. The average molecular weight is 537 g/mol. The van der Waals surface area contributed by atoms with Crippen LogP contribution in [0.1, 0.15) is 22.3 Å². The van der Waals surface area contributed by atoms with Gasteiger partial charge in [-0.25, -0.2) is 14.2 Å². The Morgan fingerprint density at radius 2 is 1.66 bits per heavy atom. The second-order valence-electron chi connectivity index (χ2n) is 8.35. The zero-order valence-corrected chi connectivity index (χ0v) is 20.7. The number of aromatic hydroxyl groups is 1. The van der Waals surface area contributed by atoms with Gasteiger partial charge in [-0.05, 0) is 68.0 Å². The number of carboxylic acids is 1. The third kappa shape index (κ3) is 10.4. The molecule has 0 unspecified atom stereocenters. The van der Waals surface area contributed by atoms with Crippen LogP contribution in [0.25, 0.3) is 0 Å². The Kier molecular flexibility index (Phi) is 11.0. The number of carbonyl (C=O) groups is 2. The third-order valence-electron chi connectivity index (χ3n) is 5.14. The van der Waals surface area contributed by atoms with Crippen LogP contribution in [0.3, 0.4) is 0 Å². The van der Waals surface area contributed by atoms with Gasteiger partial charge in [0, 0.05) is 43.7 Å². The summed E-state index contributed by atoms with van der Waals surface area (Å²) in [6, 6.07) is 16.3. The summed E-state index contributed by atoms with van der Waals surface area (Å²) in [5, 5.41) is 19.5. The quantitative estimate of drug-likeness (QED) is 0.338. The molecule has 38 heavy (non-hydrogen) atoms. The molecule has 0 radical (unpaired) electrons. The minimum Gasteiger partial charge on any atom is -0.508 e. The number of hydrogen-bond acceptors (Lipinski definition) is 6. The number of carboxylic acid groups (broad SMARTS) is 1. The number of nitrogens with one attached hydrogen (secondary N) is 1. The van der Waals surface area contributed by atoms with E-state index in [1.807, 2.05) is 37.2 Å². The zero-order valence-electron chi connectivity index (χ0n) is 20.7. The molecule has 0 bridgehead atoms. The molecule has 0 fully saturated rings. The topological polar surface area (TPSA) is 106 Å². The van der Waals surface area contributed by atoms with Crippen molar-refractivity contribution in [1.82, 2.24) is 9.88 Å². The van der Waals surface area contributed by atoms with Crippen molar-refractivity contribution >= 4 is 23.4 Å². The molecule has 1 amide bonds. The first kappa shape index (κ1) is 30.0. The van der Waals surface area contributed by atoms with Gasteiger partial charge in [0.25, 0.3) is 5.91 Å². The largest absolute Gasteiger partial charge is 0.508 e. The van der Waals surface area contributed by atoms with Crippen LogP contribution < -0.4 is 10.2 Å². The fourth-order valence-electron chi connectivity index (χ4n) is 3.25. The first-order chi connectivity index (χ1) is 17.8. The molecule has 2 aromatic carbocycles. The fourth-order valence-corrected chi connectivity index (χ4v) is 3.25. The van der Waals surface area contributed by atoms with E-state index in [0.29, 0.717) is 11.3 Å². The summed E-state index contributed by atoms with van der Waals surface area (Å²) in [5.41, 5.74) is 2.09. The van der Waals surface area contributed by atoms with Crippen molar-refractivity contribution in [2.24, 2.45) is 0 Å². The molecule has 3 rings (SSSR count). The van der Waals surface area contributed by atoms with E-state index in [4.69, 9.17) is 9.90 Å². The number of nitrogens with zero attached hydrogens (tertiary/aromatic N) is 3. The Morgan fingerprint density at radius 3 is 2.26 bits per heavy atom. The number of phenols is 1. The Morgan fingerprint density at radius 1 is 1.00 bits per heavy atom. The Labute approximate surface area is 217 Å². The van der Waals surface area contributed by atoms with Crippen molar-refractivity contribution in [3.8, 4) is 5.75 Å². The summed E-state index contributed by atoms with van der Waals surface area (Å²) < 4.78 is 44.8. The van der Waals surface area contributed by atoms with Crippen LogP contribution in [0.2, 0.25) is 0 Å². The zero-order chi connectivity index (χ0) is 28.3. The van der Waals surface area contributed by atoms with Gasteiger partial charge in [0.1, 0.15) is 17.4 Å². The molecule has 0 aliphatic carbocycles. The number of aromatic nitrogens is 1. The molecule has 0 spiro atoms. The fraction of sp³-hybridized carbons (Fsp3) is 0.269. The summed E-state index contributed by atoms with van der Waals surface area (Å²) in [6.45, 7) is 2.45. The molecule has 0 saturated heterocycles. The molecule has 204 valence electrons. The molecule has 1 aromatic heterocycles. The minimum absolute atomic E-state index is 0.281. The number of hydrogen-bond donors (Lipinski definition) is 3. The van der Waals surface area contributed by atoms with Crippen molar-refractivity contribution in [2.75, 3.05) is 37.4 Å². The van der Waals surface area contributed by atoms with Crippen LogP contribution in [-0.4, -0.2) is 65.3 Å². The van der Waals surface area contributed by atoms with Crippen molar-refractivity contribution in [1.29, 1.82) is 0 Å². The lowest BCUT2D eigenvalue weighted by atomic mass is 10.2. The SMILES string of the molecule is CN(CCCN(C)c1cc(NC(=O)c2ccc(F)cc2)ccn1)Cc1cccc(O)c1.O=C(O)C(F)(F)F. The highest BCUT2D eigenvalue weighted by Gasteiger charge is 2.38. The first-order valence-corrected chi connectivity index (χ1v) is 11.4. The van der Waals surface area contributed by atoms with Crippen LogP contribution in [0, 0.1) is 5.82 Å². The molecular weight excluding hydrogens is 508 g/mol. The molecule has 8 nitrogen and oxygen atoms in total. The summed E-state index contributed by atoms with van der Waals surface area (Å²) in [5.74, 6) is -2.39. The molecule has 3 aromatic rings. The van der Waals surface area contributed by atoms with Crippen LogP contribution in [0.15, 0.2) is 66.9 Å². The van der Waals surface area contributed by atoms with Gasteiger partial charge in [0.05, 0.1) is 0 Å². The van der Waals surface area contributed by atoms with Crippen LogP contribution in [0.4, 0.5) is 29.1 Å². The second kappa shape index (κ2) is 13.9. The number of pyridine rings is 1. The van der Waals surface area contributed by atoms with Crippen molar-refractivity contribution in [2.45, 2.75) is 19.1 Å². The van der Waals surface area contributed by atoms with Gasteiger partial charge in [0.15, 0.2) is 0 Å². The maximum Gasteiger partial charge on any atom is 0.490 e. The third-order valence-corrected chi connectivity index (χ3v) is 5.14. The minimum atomic E-state index is -5.08. The van der Waals surface area contributed by atoms with E-state index >= 15 is 0 Å². The number of phenolic OH excluding ortho intramolecular Hbond substituents is 1. The van der Waals surface area contributed by atoms with Crippen LogP contribution in [0.5, 0.6) is 5.75 Å². The number of halogens is 4. The maximum atomic E-state index is 13.0. The highest BCUT2D eigenvalue weighted by atomic mass is 19.4. The molecular formula is C26H28F4N4O4. The van der Waals surface area contributed by atoms with Crippen molar-refractivity contribution in [3.63, 3.8) is 0 Å². The van der Waals surface area contributed by atoms with Crippen LogP contribution in [-0.2, 0) is 11.3 Å². The Hall–Kier alpha value is -4.19. The molecule has 0 aliphatic heterocycles. The number of alkyl halides is 3.